The minimum Gasteiger partial charge on any atom is -0.508 e. The van der Waals surface area contributed by atoms with Gasteiger partial charge in [-0.15, -0.1) is 0 Å². The van der Waals surface area contributed by atoms with Crippen LogP contribution in [0.1, 0.15) is 12.5 Å². The largest absolute Gasteiger partial charge is 0.508 e. The van der Waals surface area contributed by atoms with Crippen LogP contribution >= 0.6 is 11.8 Å². The van der Waals surface area contributed by atoms with Crippen LogP contribution in [0.25, 0.3) is 6.08 Å². The SMILES string of the molecule is CC(=O)SCC=Cc1c(F)cc(O)cc1F. The Morgan fingerprint density at radius 1 is 1.44 bits per heavy atom. The predicted molar refractivity (Wildman–Crippen MR) is 60.2 cm³/mol. The van der Waals surface area contributed by atoms with E-state index >= 15 is 0 Å². The van der Waals surface area contributed by atoms with Crippen molar-refractivity contribution in [3.05, 3.63) is 35.4 Å². The highest BCUT2D eigenvalue weighted by Crippen LogP contribution is 2.20. The van der Waals surface area contributed by atoms with Crippen LogP contribution in [0.15, 0.2) is 18.2 Å². The van der Waals surface area contributed by atoms with Gasteiger partial charge in [0.25, 0.3) is 0 Å². The zero-order chi connectivity index (χ0) is 12.1. The number of hydrogen-bond donors (Lipinski definition) is 1. The lowest BCUT2D eigenvalue weighted by Gasteiger charge is -2.00. The van der Waals surface area contributed by atoms with E-state index in [-0.39, 0.29) is 10.7 Å². The molecule has 0 aromatic heterocycles. The molecule has 1 aromatic carbocycles. The van der Waals surface area contributed by atoms with Crippen LogP contribution in [0.4, 0.5) is 8.78 Å². The molecular formula is C11H10F2O2S. The van der Waals surface area contributed by atoms with Gasteiger partial charge in [0.05, 0.1) is 0 Å². The van der Waals surface area contributed by atoms with Gasteiger partial charge >= 0.3 is 0 Å². The van der Waals surface area contributed by atoms with Crippen molar-refractivity contribution >= 4 is 23.0 Å². The van der Waals surface area contributed by atoms with Crippen molar-refractivity contribution in [3.8, 4) is 5.75 Å². The topological polar surface area (TPSA) is 37.3 Å². The Morgan fingerprint density at radius 3 is 2.50 bits per heavy atom. The number of benzene rings is 1. The van der Waals surface area contributed by atoms with Crippen LogP contribution in [0.3, 0.4) is 0 Å². The van der Waals surface area contributed by atoms with E-state index in [1.807, 2.05) is 0 Å². The predicted octanol–water partition coefficient (Wildman–Crippen LogP) is 2.96. The van der Waals surface area contributed by atoms with Crippen molar-refractivity contribution in [2.75, 3.05) is 5.75 Å². The van der Waals surface area contributed by atoms with E-state index in [1.165, 1.54) is 19.1 Å². The molecule has 0 aliphatic rings. The van der Waals surface area contributed by atoms with Crippen LogP contribution in [0.2, 0.25) is 0 Å². The average Bonchev–Trinajstić information content (AvgIpc) is 2.14. The summed E-state index contributed by atoms with van der Waals surface area (Å²) in [5.41, 5.74) is -0.220. The van der Waals surface area contributed by atoms with Crippen LogP contribution in [-0.4, -0.2) is 16.0 Å². The van der Waals surface area contributed by atoms with Crippen molar-refractivity contribution in [1.82, 2.24) is 0 Å². The number of phenols is 1. The first kappa shape index (κ1) is 12.7. The maximum absolute atomic E-state index is 13.2. The van der Waals surface area contributed by atoms with Gasteiger partial charge in [0.15, 0.2) is 5.12 Å². The number of hydrogen-bond acceptors (Lipinski definition) is 3. The smallest absolute Gasteiger partial charge is 0.186 e. The van der Waals surface area contributed by atoms with Gasteiger partial charge in [0.2, 0.25) is 0 Å². The third-order valence-electron chi connectivity index (χ3n) is 1.73. The van der Waals surface area contributed by atoms with Crippen molar-refractivity contribution in [2.45, 2.75) is 6.92 Å². The second kappa shape index (κ2) is 5.65. The molecule has 0 aliphatic carbocycles. The van der Waals surface area contributed by atoms with E-state index in [4.69, 9.17) is 5.11 Å². The minimum absolute atomic E-state index is 0.0590. The molecule has 1 N–H and O–H groups in total. The van der Waals surface area contributed by atoms with E-state index in [0.29, 0.717) is 5.75 Å². The van der Waals surface area contributed by atoms with Crippen LogP contribution in [0.5, 0.6) is 5.75 Å². The number of thioether (sulfide) groups is 1. The molecule has 0 atom stereocenters. The van der Waals surface area contributed by atoms with E-state index in [1.54, 1.807) is 0 Å². The zero-order valence-corrected chi connectivity index (χ0v) is 9.35. The maximum Gasteiger partial charge on any atom is 0.186 e. The molecule has 0 amide bonds. The molecular weight excluding hydrogens is 234 g/mol. The molecule has 0 aliphatic heterocycles. The molecule has 0 bridgehead atoms. The Labute approximate surface area is 96.0 Å². The van der Waals surface area contributed by atoms with E-state index < -0.39 is 17.4 Å². The Bertz CT molecular complexity index is 407. The molecule has 2 nitrogen and oxygen atoms in total. The summed E-state index contributed by atoms with van der Waals surface area (Å²) in [6.45, 7) is 1.42. The quantitative estimate of drug-likeness (QED) is 0.888. The zero-order valence-electron chi connectivity index (χ0n) is 8.54. The van der Waals surface area contributed by atoms with E-state index in [0.717, 1.165) is 23.9 Å². The third kappa shape index (κ3) is 3.66. The fourth-order valence-corrected chi connectivity index (χ4v) is 1.49. The summed E-state index contributed by atoms with van der Waals surface area (Å²) in [6, 6.07) is 1.67. The molecule has 16 heavy (non-hydrogen) atoms. The first-order valence-electron chi connectivity index (χ1n) is 4.48. The monoisotopic (exact) mass is 244 g/mol. The molecule has 0 fully saturated rings. The highest BCUT2D eigenvalue weighted by Gasteiger charge is 2.07. The van der Waals surface area contributed by atoms with Crippen LogP contribution < -0.4 is 0 Å². The Morgan fingerprint density at radius 2 is 2.00 bits per heavy atom. The van der Waals surface area contributed by atoms with Gasteiger partial charge in [-0.25, -0.2) is 8.78 Å². The fourth-order valence-electron chi connectivity index (χ4n) is 1.06. The van der Waals surface area contributed by atoms with Gasteiger partial charge in [0, 0.05) is 30.4 Å². The maximum atomic E-state index is 13.2. The van der Waals surface area contributed by atoms with Gasteiger partial charge in [-0.3, -0.25) is 4.79 Å². The van der Waals surface area contributed by atoms with Gasteiger partial charge in [0.1, 0.15) is 17.4 Å². The molecule has 0 spiro atoms. The number of carbonyl (C=O) groups excluding carboxylic acids is 1. The molecule has 5 heteroatoms. The van der Waals surface area contributed by atoms with E-state index in [2.05, 4.69) is 0 Å². The highest BCUT2D eigenvalue weighted by molar-refractivity contribution is 8.13. The first-order valence-corrected chi connectivity index (χ1v) is 5.47. The molecule has 0 unspecified atom stereocenters. The number of rotatable bonds is 3. The summed E-state index contributed by atoms with van der Waals surface area (Å²) in [7, 11) is 0. The van der Waals surface area contributed by atoms with Gasteiger partial charge in [-0.2, -0.15) is 0 Å². The summed E-state index contributed by atoms with van der Waals surface area (Å²) in [5.74, 6) is -1.76. The van der Waals surface area contributed by atoms with Gasteiger partial charge in [-0.05, 0) is 0 Å². The number of aromatic hydroxyl groups is 1. The third-order valence-corrected chi connectivity index (χ3v) is 2.50. The highest BCUT2D eigenvalue weighted by atomic mass is 32.2. The van der Waals surface area contributed by atoms with Crippen molar-refractivity contribution in [1.29, 1.82) is 0 Å². The molecule has 1 rings (SSSR count). The molecule has 0 saturated heterocycles. The summed E-state index contributed by atoms with van der Waals surface area (Å²) in [4.78, 5) is 10.6. The summed E-state index contributed by atoms with van der Waals surface area (Å²) < 4.78 is 26.3. The van der Waals surface area contributed by atoms with Gasteiger partial charge in [-0.1, -0.05) is 23.9 Å². The number of carbonyl (C=O) groups is 1. The molecule has 0 saturated carbocycles. The molecule has 0 heterocycles. The summed E-state index contributed by atoms with van der Waals surface area (Å²) >= 11 is 1.05. The van der Waals surface area contributed by atoms with Crippen molar-refractivity contribution in [3.63, 3.8) is 0 Å². The Kier molecular flexibility index (Phi) is 4.49. The summed E-state index contributed by atoms with van der Waals surface area (Å²) in [5, 5.41) is 8.85. The Hall–Kier alpha value is -1.36. The average molecular weight is 244 g/mol. The number of halogens is 2. The normalized spacial score (nSPS) is 10.9. The Balaban J connectivity index is 2.77. The standard InChI is InChI=1S/C11H10F2O2S/c1-7(14)16-4-2-3-9-10(12)5-8(15)6-11(9)13/h2-3,5-6,15H,4H2,1H3. The number of phenolic OH excluding ortho intramolecular Hbond substituents is 1. The summed E-state index contributed by atoms with van der Waals surface area (Å²) in [6.07, 6.45) is 2.74. The van der Waals surface area contributed by atoms with E-state index in [9.17, 15) is 13.6 Å². The minimum atomic E-state index is -0.832. The molecule has 86 valence electrons. The first-order chi connectivity index (χ1) is 7.50. The lowest BCUT2D eigenvalue weighted by atomic mass is 10.2. The lowest BCUT2D eigenvalue weighted by molar-refractivity contribution is -0.109. The second-order valence-electron chi connectivity index (χ2n) is 3.03. The van der Waals surface area contributed by atoms with Crippen LogP contribution in [-0.2, 0) is 4.79 Å². The lowest BCUT2D eigenvalue weighted by Crippen LogP contribution is -1.89. The van der Waals surface area contributed by atoms with Crippen LogP contribution in [0, 0.1) is 11.6 Å². The second-order valence-corrected chi connectivity index (χ2v) is 4.22. The van der Waals surface area contributed by atoms with Crippen molar-refractivity contribution < 1.29 is 18.7 Å². The van der Waals surface area contributed by atoms with Crippen molar-refractivity contribution in [2.24, 2.45) is 0 Å². The molecule has 0 radical (unpaired) electrons. The molecule has 1 aromatic rings. The fraction of sp³-hybridized carbons (Fsp3) is 0.182. The van der Waals surface area contributed by atoms with Gasteiger partial charge < -0.3 is 5.11 Å².